The van der Waals surface area contributed by atoms with Crippen LogP contribution in [0.2, 0.25) is 0 Å². The maximum absolute atomic E-state index is 5.72. The van der Waals surface area contributed by atoms with Gasteiger partial charge in [-0.1, -0.05) is 0 Å². The van der Waals surface area contributed by atoms with Gasteiger partial charge in [0.2, 0.25) is 0 Å². The number of likely N-dealkylation sites (tertiary alicyclic amines) is 1. The van der Waals surface area contributed by atoms with E-state index < -0.39 is 0 Å². The minimum absolute atomic E-state index is 1.03. The molecule has 2 aliphatic heterocycles. The molecule has 2 rings (SSSR count). The van der Waals surface area contributed by atoms with Crippen molar-refractivity contribution < 1.29 is 0 Å². The molecule has 86 valence electrons. The van der Waals surface area contributed by atoms with Crippen molar-refractivity contribution in [2.75, 3.05) is 52.4 Å². The van der Waals surface area contributed by atoms with Crippen molar-refractivity contribution in [3.05, 3.63) is 7.05 Å². The number of hydrogen-bond donors (Lipinski definition) is 0. The Morgan fingerprint density at radius 1 is 0.733 bits per heavy atom. The highest BCUT2D eigenvalue weighted by molar-refractivity contribution is 4.72. The lowest BCUT2D eigenvalue weighted by atomic mass is 10.3. The second-order valence-electron chi connectivity index (χ2n) is 4.78. The largest absolute Gasteiger partial charge is 0.303 e. The third-order valence-electron chi connectivity index (χ3n) is 3.55. The fraction of sp³-hybridized carbons (Fsp3) is 0.917. The second kappa shape index (κ2) is 5.83. The average molecular weight is 209 g/mol. The summed E-state index contributed by atoms with van der Waals surface area (Å²) in [4.78, 5) is 7.07. The van der Waals surface area contributed by atoms with E-state index in [1.54, 1.807) is 0 Å². The van der Waals surface area contributed by atoms with Gasteiger partial charge in [-0.15, -0.1) is 0 Å². The molecule has 2 saturated heterocycles. The minimum atomic E-state index is 1.03. The third-order valence-corrected chi connectivity index (χ3v) is 3.55. The van der Waals surface area contributed by atoms with E-state index in [-0.39, 0.29) is 0 Å². The van der Waals surface area contributed by atoms with E-state index in [4.69, 9.17) is 7.05 Å². The summed E-state index contributed by atoms with van der Waals surface area (Å²) in [7, 11) is 5.72. The molecule has 2 fully saturated rings. The molecule has 2 heterocycles. The lowest BCUT2D eigenvalue weighted by molar-refractivity contribution is 0.159. The summed E-state index contributed by atoms with van der Waals surface area (Å²) in [6.07, 6.45) is 4.14. The van der Waals surface area contributed by atoms with Gasteiger partial charge in [-0.3, -0.25) is 4.90 Å². The number of hydrogen-bond acceptors (Lipinski definition) is 3. The van der Waals surface area contributed by atoms with Crippen LogP contribution in [-0.2, 0) is 0 Å². The molecule has 0 aromatic heterocycles. The van der Waals surface area contributed by atoms with Gasteiger partial charge in [0.25, 0.3) is 0 Å². The van der Waals surface area contributed by atoms with Crippen molar-refractivity contribution in [2.45, 2.75) is 19.3 Å². The van der Waals surface area contributed by atoms with Crippen LogP contribution in [-0.4, -0.2) is 67.1 Å². The number of piperazine rings is 1. The molecule has 3 heteroatoms. The Morgan fingerprint density at radius 2 is 1.27 bits per heavy atom. The van der Waals surface area contributed by atoms with Crippen LogP contribution in [0.5, 0.6) is 0 Å². The zero-order chi connectivity index (χ0) is 10.5. The maximum atomic E-state index is 5.72. The van der Waals surface area contributed by atoms with Gasteiger partial charge in [-0.05, 0) is 45.4 Å². The van der Waals surface area contributed by atoms with Crippen LogP contribution in [0.3, 0.4) is 0 Å². The molecule has 15 heavy (non-hydrogen) atoms. The standard InChI is InChI=1S/C12H23N3/c1-13-9-11-15(12-10-13)8-4-7-14-5-2-3-6-14/h1H,2-12H2. The van der Waals surface area contributed by atoms with Crippen molar-refractivity contribution >= 4 is 0 Å². The molecule has 0 atom stereocenters. The smallest absolute Gasteiger partial charge is 0.0439 e. The van der Waals surface area contributed by atoms with E-state index >= 15 is 0 Å². The molecule has 3 nitrogen and oxygen atoms in total. The van der Waals surface area contributed by atoms with E-state index in [9.17, 15) is 0 Å². The van der Waals surface area contributed by atoms with Crippen LogP contribution >= 0.6 is 0 Å². The molecule has 0 bridgehead atoms. The first-order chi connectivity index (χ1) is 7.34. The topological polar surface area (TPSA) is 9.72 Å². The summed E-state index contributed by atoms with van der Waals surface area (Å²) in [5, 5.41) is 0. The lowest BCUT2D eigenvalue weighted by Gasteiger charge is -2.32. The molecule has 2 radical (unpaired) electrons. The first-order valence-electron chi connectivity index (χ1n) is 6.29. The van der Waals surface area contributed by atoms with Gasteiger partial charge in [-0.2, -0.15) is 0 Å². The van der Waals surface area contributed by atoms with Crippen LogP contribution in [0.4, 0.5) is 0 Å². The average Bonchev–Trinajstić information content (AvgIpc) is 2.74. The summed E-state index contributed by atoms with van der Waals surface area (Å²) in [6, 6.07) is 0. The Morgan fingerprint density at radius 3 is 1.87 bits per heavy atom. The van der Waals surface area contributed by atoms with Crippen LogP contribution < -0.4 is 0 Å². The van der Waals surface area contributed by atoms with Crippen LogP contribution in [0.15, 0.2) is 0 Å². The van der Waals surface area contributed by atoms with Crippen molar-refractivity contribution in [1.82, 2.24) is 14.7 Å². The summed E-state index contributed by atoms with van der Waals surface area (Å²) in [6.45, 7) is 9.57. The maximum Gasteiger partial charge on any atom is 0.0439 e. The summed E-state index contributed by atoms with van der Waals surface area (Å²) in [5.74, 6) is 0. The van der Waals surface area contributed by atoms with E-state index in [0.717, 1.165) is 26.2 Å². The van der Waals surface area contributed by atoms with Gasteiger partial charge in [0.15, 0.2) is 0 Å². The third kappa shape index (κ3) is 3.74. The zero-order valence-corrected chi connectivity index (χ0v) is 9.70. The van der Waals surface area contributed by atoms with Gasteiger partial charge >= 0.3 is 0 Å². The fourth-order valence-corrected chi connectivity index (χ4v) is 2.51. The molecular formula is C12H23N3. The lowest BCUT2D eigenvalue weighted by Crippen LogP contribution is -2.44. The Kier molecular flexibility index (Phi) is 4.42. The summed E-state index contributed by atoms with van der Waals surface area (Å²) >= 11 is 0. The normalized spacial score (nSPS) is 26.2. The molecule has 0 spiro atoms. The van der Waals surface area contributed by atoms with Crippen molar-refractivity contribution in [1.29, 1.82) is 0 Å². The highest BCUT2D eigenvalue weighted by Gasteiger charge is 2.15. The van der Waals surface area contributed by atoms with E-state index in [2.05, 4.69) is 9.80 Å². The Balaban J connectivity index is 1.53. The van der Waals surface area contributed by atoms with Gasteiger partial charge < -0.3 is 9.80 Å². The molecule has 0 aliphatic carbocycles. The summed E-state index contributed by atoms with van der Waals surface area (Å²) < 4.78 is 0. The molecule has 0 amide bonds. The highest BCUT2D eigenvalue weighted by atomic mass is 15.2. The Hall–Kier alpha value is -0.120. The summed E-state index contributed by atoms with van der Waals surface area (Å²) in [5.41, 5.74) is 0. The van der Waals surface area contributed by atoms with Crippen molar-refractivity contribution in [3.8, 4) is 0 Å². The fourth-order valence-electron chi connectivity index (χ4n) is 2.51. The van der Waals surface area contributed by atoms with Crippen molar-refractivity contribution in [2.24, 2.45) is 0 Å². The predicted molar refractivity (Wildman–Crippen MR) is 62.6 cm³/mol. The van der Waals surface area contributed by atoms with Gasteiger partial charge in [0.1, 0.15) is 0 Å². The zero-order valence-electron chi connectivity index (χ0n) is 9.70. The van der Waals surface area contributed by atoms with Gasteiger partial charge in [0, 0.05) is 33.2 Å². The number of nitrogens with zero attached hydrogens (tertiary/aromatic N) is 3. The second-order valence-corrected chi connectivity index (χ2v) is 4.78. The first kappa shape index (κ1) is 11.4. The Bertz CT molecular complexity index is 170. The number of rotatable bonds is 4. The minimum Gasteiger partial charge on any atom is -0.303 e. The predicted octanol–water partition coefficient (Wildman–Crippen LogP) is 0.758. The van der Waals surface area contributed by atoms with E-state index in [1.807, 2.05) is 4.90 Å². The molecule has 0 N–H and O–H groups in total. The first-order valence-corrected chi connectivity index (χ1v) is 6.29. The quantitative estimate of drug-likeness (QED) is 0.677. The van der Waals surface area contributed by atoms with Crippen LogP contribution in [0, 0.1) is 7.05 Å². The molecule has 0 saturated carbocycles. The van der Waals surface area contributed by atoms with Gasteiger partial charge in [0.05, 0.1) is 0 Å². The van der Waals surface area contributed by atoms with Crippen LogP contribution in [0.25, 0.3) is 0 Å². The van der Waals surface area contributed by atoms with Crippen molar-refractivity contribution in [3.63, 3.8) is 0 Å². The van der Waals surface area contributed by atoms with E-state index in [0.29, 0.717) is 0 Å². The molecule has 0 unspecified atom stereocenters. The molecule has 2 aliphatic rings. The van der Waals surface area contributed by atoms with Crippen LogP contribution in [0.1, 0.15) is 19.3 Å². The Labute approximate surface area is 94.0 Å². The molecule has 0 aromatic carbocycles. The SMILES string of the molecule is [CH]N1CCN(CCCN2CCCC2)CC1. The molecular weight excluding hydrogens is 186 g/mol. The van der Waals surface area contributed by atoms with Gasteiger partial charge in [-0.25, -0.2) is 0 Å². The van der Waals surface area contributed by atoms with E-state index in [1.165, 1.54) is 45.4 Å². The highest BCUT2D eigenvalue weighted by Crippen LogP contribution is 2.08. The monoisotopic (exact) mass is 209 g/mol. The molecule has 0 aromatic rings.